The average Bonchev–Trinajstić information content (AvgIpc) is 2.74. The molecule has 0 radical (unpaired) electrons. The van der Waals surface area contributed by atoms with Crippen molar-refractivity contribution in [3.05, 3.63) is 69.8 Å². The van der Waals surface area contributed by atoms with E-state index in [0.29, 0.717) is 16.7 Å². The molecule has 31 heavy (non-hydrogen) atoms. The number of aromatic carboxylic acids is 2. The summed E-state index contributed by atoms with van der Waals surface area (Å²) in [6.45, 7) is -0.722. The highest BCUT2D eigenvalue weighted by molar-refractivity contribution is 6.04. The lowest BCUT2D eigenvalue weighted by Gasteiger charge is -2.12. The lowest BCUT2D eigenvalue weighted by atomic mass is 10.0. The highest BCUT2D eigenvalue weighted by Gasteiger charge is 2.17. The van der Waals surface area contributed by atoms with Gasteiger partial charge in [-0.1, -0.05) is 12.1 Å². The van der Waals surface area contributed by atoms with Crippen molar-refractivity contribution < 1.29 is 49.7 Å². The van der Waals surface area contributed by atoms with Crippen LogP contribution in [0, 0.1) is 0 Å². The molecule has 0 saturated heterocycles. The average molecular weight is 436 g/mol. The molecule has 166 valence electrons. The summed E-state index contributed by atoms with van der Waals surface area (Å²) in [7, 11) is 0. The van der Waals surface area contributed by atoms with Gasteiger partial charge in [-0.15, -0.1) is 0 Å². The van der Waals surface area contributed by atoms with Crippen LogP contribution in [0.15, 0.2) is 36.4 Å². The van der Waals surface area contributed by atoms with Crippen LogP contribution in [0.5, 0.6) is 0 Å². The van der Waals surface area contributed by atoms with Crippen LogP contribution >= 0.6 is 0 Å². The molecule has 0 unspecified atom stereocenters. The van der Waals surface area contributed by atoms with Crippen LogP contribution in [0.1, 0.15) is 47.8 Å². The minimum absolute atomic E-state index is 0.0153. The minimum Gasteiger partial charge on any atom is -0.478 e. The van der Waals surface area contributed by atoms with Crippen molar-refractivity contribution in [3.8, 4) is 0 Å². The van der Waals surface area contributed by atoms with Crippen LogP contribution in [-0.2, 0) is 34.4 Å². The van der Waals surface area contributed by atoms with Gasteiger partial charge in [-0.25, -0.2) is 19.4 Å². The Morgan fingerprint density at radius 3 is 2.19 bits per heavy atom. The summed E-state index contributed by atoms with van der Waals surface area (Å²) in [5.74, 6) is -3.15. The maximum atomic E-state index is 12.3. The molecule has 0 heterocycles. The molecule has 12 heteroatoms. The normalized spacial score (nSPS) is 10.6. The summed E-state index contributed by atoms with van der Waals surface area (Å²) in [4.78, 5) is 48.0. The molecule has 12 nitrogen and oxygen atoms in total. The fourth-order valence-electron chi connectivity index (χ4n) is 2.63. The summed E-state index contributed by atoms with van der Waals surface area (Å²) in [6, 6.07) is 8.06. The van der Waals surface area contributed by atoms with E-state index in [4.69, 9.17) is 20.5 Å². The number of nitrogens with one attached hydrogen (secondary N) is 2. The molecule has 0 spiro atoms. The first kappa shape index (κ1) is 23.9. The Morgan fingerprint density at radius 1 is 0.806 bits per heavy atom. The Kier molecular flexibility index (Phi) is 9.02. The first-order valence-electron chi connectivity index (χ1n) is 8.74. The molecular weight excluding hydrogens is 416 g/mol. The molecule has 0 bridgehead atoms. The topological polar surface area (TPSA) is 184 Å². The largest absolute Gasteiger partial charge is 0.478 e. The Labute approximate surface area is 175 Å². The van der Waals surface area contributed by atoms with Gasteiger partial charge in [0.1, 0.15) is 13.2 Å². The summed E-state index contributed by atoms with van der Waals surface area (Å²) < 4.78 is 0. The Bertz CT molecular complexity index is 947. The van der Waals surface area contributed by atoms with E-state index in [1.54, 1.807) is 0 Å². The Hall–Kier alpha value is -3.39. The van der Waals surface area contributed by atoms with Gasteiger partial charge in [0.15, 0.2) is 0 Å². The summed E-state index contributed by atoms with van der Waals surface area (Å²) in [6.07, 6.45) is 0. The second-order valence-electron chi connectivity index (χ2n) is 6.14. The maximum Gasteiger partial charge on any atom is 0.336 e. The van der Waals surface area contributed by atoms with E-state index < -0.39 is 17.8 Å². The van der Waals surface area contributed by atoms with Gasteiger partial charge < -0.3 is 15.5 Å². The van der Waals surface area contributed by atoms with E-state index in [2.05, 4.69) is 20.6 Å². The molecule has 0 aliphatic carbocycles. The third-order valence-electron chi connectivity index (χ3n) is 4.11. The fourth-order valence-corrected chi connectivity index (χ4v) is 2.63. The van der Waals surface area contributed by atoms with Crippen LogP contribution in [0.3, 0.4) is 0 Å². The molecular formula is C19H20N2O10. The van der Waals surface area contributed by atoms with Crippen molar-refractivity contribution in [2.24, 2.45) is 0 Å². The molecule has 0 fully saturated rings. The van der Waals surface area contributed by atoms with E-state index in [0.717, 1.165) is 0 Å². The third-order valence-corrected chi connectivity index (χ3v) is 4.11. The zero-order valence-corrected chi connectivity index (χ0v) is 16.0. The standard InChI is InChI=1S/C19H20N2O10/c22-17(16-5-11(7-30-27)1-4-15(16)19(25)26)20-10-21-29-8-14-6-12(18(23)24)2-3-13(14)9-31-28/h1-6,21,27-28H,7-10H2,(H,20,22)(H,23,24)(H,25,26). The number of hydrogen-bond acceptors (Lipinski definition) is 9. The number of benzene rings is 2. The predicted molar refractivity (Wildman–Crippen MR) is 102 cm³/mol. The monoisotopic (exact) mass is 436 g/mol. The highest BCUT2D eigenvalue weighted by Crippen LogP contribution is 2.15. The van der Waals surface area contributed by atoms with Crippen molar-refractivity contribution in [1.82, 2.24) is 10.8 Å². The van der Waals surface area contributed by atoms with E-state index in [1.807, 2.05) is 0 Å². The number of carbonyl (C=O) groups is 3. The molecule has 0 atom stereocenters. The van der Waals surface area contributed by atoms with Crippen molar-refractivity contribution in [2.75, 3.05) is 6.67 Å². The molecule has 0 aromatic heterocycles. The SMILES string of the molecule is O=C(O)c1ccc(COO)c(CONCNC(=O)c2cc(COO)ccc2C(=O)O)c1. The van der Waals surface area contributed by atoms with Crippen LogP contribution in [0.25, 0.3) is 0 Å². The molecule has 2 aromatic carbocycles. The second-order valence-corrected chi connectivity index (χ2v) is 6.14. The van der Waals surface area contributed by atoms with Crippen molar-refractivity contribution in [1.29, 1.82) is 0 Å². The number of carboxylic acid groups (broad SMARTS) is 2. The number of hydroxylamine groups is 1. The Morgan fingerprint density at radius 2 is 1.55 bits per heavy atom. The van der Waals surface area contributed by atoms with Crippen molar-refractivity contribution >= 4 is 17.8 Å². The highest BCUT2D eigenvalue weighted by atomic mass is 17.1. The second kappa shape index (κ2) is 11.7. The lowest BCUT2D eigenvalue weighted by molar-refractivity contribution is -0.253. The first-order chi connectivity index (χ1) is 14.9. The number of carboxylic acids is 2. The number of carbonyl (C=O) groups excluding carboxylic acids is 1. The summed E-state index contributed by atoms with van der Waals surface area (Å²) in [5, 5.41) is 37.9. The summed E-state index contributed by atoms with van der Waals surface area (Å²) in [5.41, 5.74) is 3.40. The lowest BCUT2D eigenvalue weighted by Crippen LogP contribution is -2.34. The van der Waals surface area contributed by atoms with E-state index >= 15 is 0 Å². The zero-order valence-electron chi connectivity index (χ0n) is 16.0. The fraction of sp³-hybridized carbons (Fsp3) is 0.211. The Balaban J connectivity index is 1.95. The molecule has 0 saturated carbocycles. The van der Waals surface area contributed by atoms with Crippen LogP contribution in [0.2, 0.25) is 0 Å². The van der Waals surface area contributed by atoms with Gasteiger partial charge in [0.2, 0.25) is 0 Å². The van der Waals surface area contributed by atoms with Gasteiger partial charge in [-0.05, 0) is 41.0 Å². The first-order valence-corrected chi connectivity index (χ1v) is 8.74. The van der Waals surface area contributed by atoms with Gasteiger partial charge in [-0.2, -0.15) is 5.48 Å². The number of hydrogen-bond donors (Lipinski definition) is 6. The van der Waals surface area contributed by atoms with Gasteiger partial charge in [0, 0.05) is 0 Å². The summed E-state index contributed by atoms with van der Waals surface area (Å²) >= 11 is 0. The molecule has 1 amide bonds. The third kappa shape index (κ3) is 6.82. The van der Waals surface area contributed by atoms with Gasteiger partial charge in [-0.3, -0.25) is 20.1 Å². The maximum absolute atomic E-state index is 12.3. The predicted octanol–water partition coefficient (Wildman–Crippen LogP) is 1.47. The van der Waals surface area contributed by atoms with Crippen molar-refractivity contribution in [3.63, 3.8) is 0 Å². The number of amides is 1. The van der Waals surface area contributed by atoms with Crippen LogP contribution in [-0.4, -0.2) is 45.2 Å². The zero-order chi connectivity index (χ0) is 22.8. The van der Waals surface area contributed by atoms with Gasteiger partial charge in [0.05, 0.1) is 30.0 Å². The van der Waals surface area contributed by atoms with E-state index in [1.165, 1.54) is 36.4 Å². The van der Waals surface area contributed by atoms with Crippen molar-refractivity contribution in [2.45, 2.75) is 19.8 Å². The van der Waals surface area contributed by atoms with Crippen LogP contribution in [0.4, 0.5) is 0 Å². The quantitative estimate of drug-likeness (QED) is 0.123. The van der Waals surface area contributed by atoms with E-state index in [-0.39, 0.29) is 43.2 Å². The minimum atomic E-state index is -1.30. The smallest absolute Gasteiger partial charge is 0.336 e. The van der Waals surface area contributed by atoms with Gasteiger partial charge in [0.25, 0.3) is 5.91 Å². The molecule has 0 aliphatic rings. The van der Waals surface area contributed by atoms with Crippen LogP contribution < -0.4 is 10.8 Å². The number of rotatable bonds is 12. The molecule has 0 aliphatic heterocycles. The molecule has 6 N–H and O–H groups in total. The molecule has 2 aromatic rings. The van der Waals surface area contributed by atoms with Gasteiger partial charge >= 0.3 is 11.9 Å². The molecule has 2 rings (SSSR count). The van der Waals surface area contributed by atoms with E-state index in [9.17, 15) is 19.5 Å².